The molecule has 0 saturated heterocycles. The van der Waals surface area contributed by atoms with E-state index in [1.807, 2.05) is 13.0 Å². The Bertz CT molecular complexity index is 554. The zero-order valence-electron chi connectivity index (χ0n) is 12.5. The molecule has 0 radical (unpaired) electrons. The number of nitrogens with zero attached hydrogens (tertiary/aromatic N) is 1. The molecule has 1 aliphatic heterocycles. The van der Waals surface area contributed by atoms with Crippen LogP contribution < -0.4 is 10.6 Å². The smallest absolute Gasteiger partial charge is 0.311 e. The molecule has 1 aromatic carbocycles. The Kier molecular flexibility index (Phi) is 4.32. The Hall–Kier alpha value is -1.88. The fraction of sp³-hybridized carbons (Fsp3) is 0.500. The Balaban J connectivity index is 2.37. The largest absolute Gasteiger partial charge is 0.481 e. The summed E-state index contributed by atoms with van der Waals surface area (Å²) in [6.45, 7) is 4.12. The number of rotatable bonds is 4. The number of amides is 1. The summed E-state index contributed by atoms with van der Waals surface area (Å²) in [7, 11) is 0. The maximum absolute atomic E-state index is 12.7. The molecule has 1 aromatic rings. The van der Waals surface area contributed by atoms with Gasteiger partial charge in [0.05, 0.1) is 11.5 Å². The van der Waals surface area contributed by atoms with Crippen LogP contribution in [0.3, 0.4) is 0 Å². The summed E-state index contributed by atoms with van der Waals surface area (Å²) in [6, 6.07) is 7.19. The lowest BCUT2D eigenvalue weighted by Crippen LogP contribution is -2.55. The van der Waals surface area contributed by atoms with Crippen LogP contribution >= 0.6 is 0 Å². The Labute approximate surface area is 124 Å². The van der Waals surface area contributed by atoms with Gasteiger partial charge >= 0.3 is 5.97 Å². The van der Waals surface area contributed by atoms with E-state index in [2.05, 4.69) is 0 Å². The summed E-state index contributed by atoms with van der Waals surface area (Å²) in [5, 5.41) is 9.33. The first-order valence-corrected chi connectivity index (χ1v) is 7.31. The molecule has 0 spiro atoms. The van der Waals surface area contributed by atoms with Crippen LogP contribution in [0.1, 0.15) is 44.6 Å². The summed E-state index contributed by atoms with van der Waals surface area (Å²) in [6.07, 6.45) is 1.85. The van der Waals surface area contributed by atoms with Crippen molar-refractivity contribution in [3.05, 3.63) is 29.8 Å². The van der Waals surface area contributed by atoms with Crippen LogP contribution in [-0.2, 0) is 9.59 Å². The number of fused-ring (bicyclic) bond motifs is 1. The molecule has 2 rings (SSSR count). The maximum atomic E-state index is 12.7. The number of carboxylic acids is 1. The van der Waals surface area contributed by atoms with Gasteiger partial charge in [-0.25, -0.2) is 0 Å². The molecule has 0 aliphatic carbocycles. The molecule has 114 valence electrons. The normalized spacial score (nSPS) is 20.5. The van der Waals surface area contributed by atoms with Gasteiger partial charge in [0, 0.05) is 12.2 Å². The number of carbonyl (C=O) groups is 2. The average molecular weight is 290 g/mol. The van der Waals surface area contributed by atoms with Crippen LogP contribution in [-0.4, -0.2) is 29.1 Å². The van der Waals surface area contributed by atoms with Gasteiger partial charge in [0.1, 0.15) is 0 Å². The number of hydrogen-bond acceptors (Lipinski definition) is 3. The van der Waals surface area contributed by atoms with Gasteiger partial charge in [0.15, 0.2) is 0 Å². The second kappa shape index (κ2) is 5.85. The van der Waals surface area contributed by atoms with E-state index in [0.717, 1.165) is 6.42 Å². The van der Waals surface area contributed by atoms with Crippen molar-refractivity contribution < 1.29 is 14.7 Å². The number of anilines is 1. The molecule has 0 aromatic heterocycles. The minimum Gasteiger partial charge on any atom is -0.481 e. The lowest BCUT2D eigenvalue weighted by Gasteiger charge is -2.37. The summed E-state index contributed by atoms with van der Waals surface area (Å²) >= 11 is 0. The van der Waals surface area contributed by atoms with Crippen molar-refractivity contribution in [2.45, 2.75) is 44.6 Å². The van der Waals surface area contributed by atoms with Crippen LogP contribution in [0, 0.1) is 0 Å². The average Bonchev–Trinajstić information content (AvgIpc) is 2.45. The molecule has 3 N–H and O–H groups in total. The lowest BCUT2D eigenvalue weighted by molar-refractivity contribution is -0.139. The van der Waals surface area contributed by atoms with Gasteiger partial charge in [-0.15, -0.1) is 0 Å². The van der Waals surface area contributed by atoms with E-state index in [1.165, 1.54) is 0 Å². The molecular weight excluding hydrogens is 268 g/mol. The molecule has 2 unspecified atom stereocenters. The van der Waals surface area contributed by atoms with E-state index in [1.54, 1.807) is 30.0 Å². The molecule has 5 heteroatoms. The topological polar surface area (TPSA) is 83.6 Å². The molecule has 0 fully saturated rings. The highest BCUT2D eigenvalue weighted by atomic mass is 16.4. The van der Waals surface area contributed by atoms with Crippen LogP contribution in [0.2, 0.25) is 0 Å². The van der Waals surface area contributed by atoms with E-state index in [4.69, 9.17) is 5.73 Å². The minimum atomic E-state index is -0.919. The van der Waals surface area contributed by atoms with Crippen molar-refractivity contribution in [3.8, 4) is 0 Å². The predicted molar refractivity (Wildman–Crippen MR) is 81.3 cm³/mol. The first-order valence-electron chi connectivity index (χ1n) is 7.31. The van der Waals surface area contributed by atoms with Gasteiger partial charge < -0.3 is 15.7 Å². The van der Waals surface area contributed by atoms with E-state index in [0.29, 0.717) is 30.6 Å². The molecule has 21 heavy (non-hydrogen) atoms. The molecule has 0 saturated carbocycles. The zero-order valence-corrected chi connectivity index (χ0v) is 12.5. The first-order chi connectivity index (χ1) is 9.88. The summed E-state index contributed by atoms with van der Waals surface area (Å²) in [4.78, 5) is 25.7. The first kappa shape index (κ1) is 15.5. The third-order valence-electron chi connectivity index (χ3n) is 4.05. The number of aliphatic carboxylic acids is 1. The van der Waals surface area contributed by atoms with Crippen molar-refractivity contribution in [2.75, 3.05) is 11.4 Å². The number of para-hydroxylation sites is 1. The molecule has 2 atom stereocenters. The Morgan fingerprint density at radius 1 is 1.43 bits per heavy atom. The van der Waals surface area contributed by atoms with E-state index in [-0.39, 0.29) is 5.91 Å². The number of benzene rings is 1. The highest BCUT2D eigenvalue weighted by molar-refractivity contribution is 6.01. The maximum Gasteiger partial charge on any atom is 0.311 e. The Morgan fingerprint density at radius 3 is 2.71 bits per heavy atom. The van der Waals surface area contributed by atoms with Gasteiger partial charge in [-0.2, -0.15) is 0 Å². The molecule has 5 nitrogen and oxygen atoms in total. The van der Waals surface area contributed by atoms with Gasteiger partial charge in [0.25, 0.3) is 0 Å². The second-order valence-corrected chi connectivity index (χ2v) is 5.86. The number of nitrogens with two attached hydrogens (primary N) is 1. The third-order valence-corrected chi connectivity index (χ3v) is 4.05. The predicted octanol–water partition coefficient (Wildman–Crippen LogP) is 2.11. The zero-order chi connectivity index (χ0) is 15.6. The van der Waals surface area contributed by atoms with Crippen LogP contribution in [0.25, 0.3) is 0 Å². The van der Waals surface area contributed by atoms with Gasteiger partial charge in [0.2, 0.25) is 5.91 Å². The summed E-state index contributed by atoms with van der Waals surface area (Å²) < 4.78 is 0. The van der Waals surface area contributed by atoms with Gasteiger partial charge in [-0.1, -0.05) is 31.5 Å². The highest BCUT2D eigenvalue weighted by Crippen LogP contribution is 2.36. The van der Waals surface area contributed by atoms with Crippen molar-refractivity contribution >= 4 is 17.6 Å². The fourth-order valence-corrected chi connectivity index (χ4v) is 2.96. The van der Waals surface area contributed by atoms with Gasteiger partial charge in [-0.3, -0.25) is 9.59 Å². The van der Waals surface area contributed by atoms with E-state index >= 15 is 0 Å². The molecular formula is C16H22N2O3. The summed E-state index contributed by atoms with van der Waals surface area (Å²) in [5.41, 5.74) is 6.59. The van der Waals surface area contributed by atoms with E-state index < -0.39 is 17.4 Å². The standard InChI is InChI=1S/C16H22N2O3/c1-3-9-16(2,17)15(21)18-10-8-12(14(19)20)11-6-4-5-7-13(11)18/h4-7,12H,3,8-10,17H2,1-2H3,(H,19,20). The van der Waals surface area contributed by atoms with Crippen LogP contribution in [0.15, 0.2) is 24.3 Å². The van der Waals surface area contributed by atoms with E-state index in [9.17, 15) is 14.7 Å². The number of hydrogen-bond donors (Lipinski definition) is 2. The highest BCUT2D eigenvalue weighted by Gasteiger charge is 2.38. The van der Waals surface area contributed by atoms with Crippen molar-refractivity contribution in [3.63, 3.8) is 0 Å². The van der Waals surface area contributed by atoms with Crippen molar-refractivity contribution in [2.24, 2.45) is 5.73 Å². The van der Waals surface area contributed by atoms with Crippen LogP contribution in [0.5, 0.6) is 0 Å². The monoisotopic (exact) mass is 290 g/mol. The SMILES string of the molecule is CCCC(C)(N)C(=O)N1CCC(C(=O)O)c2ccccc21. The van der Waals surface area contributed by atoms with Crippen molar-refractivity contribution in [1.82, 2.24) is 0 Å². The van der Waals surface area contributed by atoms with Crippen LogP contribution in [0.4, 0.5) is 5.69 Å². The molecule has 1 heterocycles. The molecule has 1 amide bonds. The molecule has 1 aliphatic rings. The Morgan fingerprint density at radius 2 is 2.10 bits per heavy atom. The number of carbonyl (C=O) groups excluding carboxylic acids is 1. The van der Waals surface area contributed by atoms with Crippen molar-refractivity contribution in [1.29, 1.82) is 0 Å². The quantitative estimate of drug-likeness (QED) is 0.889. The molecule has 0 bridgehead atoms. The lowest BCUT2D eigenvalue weighted by atomic mass is 9.87. The number of carboxylic acid groups (broad SMARTS) is 1. The van der Waals surface area contributed by atoms with Gasteiger partial charge in [-0.05, 0) is 31.4 Å². The minimum absolute atomic E-state index is 0.138. The third kappa shape index (κ3) is 2.93. The second-order valence-electron chi connectivity index (χ2n) is 5.86. The summed E-state index contributed by atoms with van der Waals surface area (Å²) in [5.74, 6) is -1.54. The fourth-order valence-electron chi connectivity index (χ4n) is 2.96.